The van der Waals surface area contributed by atoms with Crippen LogP contribution >= 0.6 is 11.6 Å². The van der Waals surface area contributed by atoms with E-state index in [9.17, 15) is 19.5 Å². The molecule has 1 heterocycles. The Balaban J connectivity index is 1.78. The summed E-state index contributed by atoms with van der Waals surface area (Å²) in [6.45, 7) is 0.655. The number of hydrogen-bond donors (Lipinski definition) is 2. The second-order valence-corrected chi connectivity index (χ2v) is 5.12. The Hall–Kier alpha value is -2.08. The lowest BCUT2D eigenvalue weighted by atomic mass is 10.2. The first-order valence-corrected chi connectivity index (χ1v) is 6.97. The zero-order valence-electron chi connectivity index (χ0n) is 11.3. The van der Waals surface area contributed by atoms with E-state index < -0.39 is 0 Å². The van der Waals surface area contributed by atoms with Crippen molar-refractivity contribution >= 4 is 29.3 Å². The van der Waals surface area contributed by atoms with Gasteiger partial charge in [-0.3, -0.25) is 19.3 Å². The van der Waals surface area contributed by atoms with Crippen molar-refractivity contribution in [2.24, 2.45) is 0 Å². The Kier molecular flexibility index (Phi) is 4.80. The summed E-state index contributed by atoms with van der Waals surface area (Å²) >= 11 is 5.73. The highest BCUT2D eigenvalue weighted by molar-refractivity contribution is 6.32. The Morgan fingerprint density at radius 3 is 2.57 bits per heavy atom. The monoisotopic (exact) mass is 310 g/mol. The number of benzene rings is 1. The molecule has 0 saturated carbocycles. The van der Waals surface area contributed by atoms with E-state index in [1.54, 1.807) is 0 Å². The number of aromatic hydroxyl groups is 1. The predicted molar refractivity (Wildman–Crippen MR) is 76.0 cm³/mol. The van der Waals surface area contributed by atoms with Crippen LogP contribution in [0.5, 0.6) is 5.75 Å². The van der Waals surface area contributed by atoms with Gasteiger partial charge < -0.3 is 10.4 Å². The molecule has 1 aliphatic heterocycles. The number of phenolic OH excluding ortho intramolecular Hbond substituents is 1. The number of nitrogens with zero attached hydrogens (tertiary/aromatic N) is 1. The molecule has 112 valence electrons. The number of phenols is 1. The van der Waals surface area contributed by atoms with Gasteiger partial charge in [-0.05, 0) is 24.6 Å². The minimum absolute atomic E-state index is 0.0840. The molecular weight excluding hydrogens is 296 g/mol. The summed E-state index contributed by atoms with van der Waals surface area (Å²) in [6, 6.07) is 4.18. The van der Waals surface area contributed by atoms with E-state index in [1.807, 2.05) is 0 Å². The molecule has 0 atom stereocenters. The van der Waals surface area contributed by atoms with Gasteiger partial charge in [-0.1, -0.05) is 11.6 Å². The zero-order valence-corrected chi connectivity index (χ0v) is 12.0. The molecule has 0 spiro atoms. The summed E-state index contributed by atoms with van der Waals surface area (Å²) in [4.78, 5) is 35.8. The van der Waals surface area contributed by atoms with Crippen molar-refractivity contribution < 1.29 is 19.5 Å². The third-order valence-electron chi connectivity index (χ3n) is 3.21. The maximum atomic E-state index is 11.8. The molecule has 0 radical (unpaired) electrons. The van der Waals surface area contributed by atoms with E-state index in [4.69, 9.17) is 11.6 Å². The van der Waals surface area contributed by atoms with Gasteiger partial charge in [0.2, 0.25) is 11.8 Å². The standard InChI is InChI=1S/C14H15ClN2O4/c15-10-8-9(2-3-11(10)18)14(21)16-6-1-7-17-12(19)4-5-13(17)20/h2-3,8,18H,1,4-7H2,(H,16,21). The highest BCUT2D eigenvalue weighted by Crippen LogP contribution is 2.23. The zero-order chi connectivity index (χ0) is 15.4. The molecule has 21 heavy (non-hydrogen) atoms. The van der Waals surface area contributed by atoms with Crippen molar-refractivity contribution in [1.82, 2.24) is 10.2 Å². The molecule has 2 rings (SSSR count). The Bertz CT molecular complexity index is 572. The molecule has 0 unspecified atom stereocenters. The number of imide groups is 1. The SMILES string of the molecule is O=C(NCCCN1C(=O)CCC1=O)c1ccc(O)c(Cl)c1. The van der Waals surface area contributed by atoms with Crippen molar-refractivity contribution in [3.05, 3.63) is 28.8 Å². The number of carbonyl (C=O) groups is 3. The van der Waals surface area contributed by atoms with E-state index >= 15 is 0 Å². The molecule has 1 aromatic carbocycles. The lowest BCUT2D eigenvalue weighted by Gasteiger charge is -2.13. The van der Waals surface area contributed by atoms with Crippen LogP contribution in [0.2, 0.25) is 5.02 Å². The molecule has 1 fully saturated rings. The van der Waals surface area contributed by atoms with Crippen LogP contribution in [-0.4, -0.2) is 40.8 Å². The highest BCUT2D eigenvalue weighted by atomic mass is 35.5. The summed E-state index contributed by atoms with van der Waals surface area (Å²) in [5.41, 5.74) is 0.339. The average Bonchev–Trinajstić information content (AvgIpc) is 2.77. The molecule has 0 aliphatic carbocycles. The highest BCUT2D eigenvalue weighted by Gasteiger charge is 2.27. The van der Waals surface area contributed by atoms with E-state index in [0.717, 1.165) is 0 Å². The van der Waals surface area contributed by atoms with Gasteiger partial charge in [0.1, 0.15) is 5.75 Å². The fourth-order valence-electron chi connectivity index (χ4n) is 2.06. The quantitative estimate of drug-likeness (QED) is 0.634. The molecule has 7 heteroatoms. The first-order chi connectivity index (χ1) is 9.99. The Labute approximate surface area is 126 Å². The topological polar surface area (TPSA) is 86.7 Å². The third-order valence-corrected chi connectivity index (χ3v) is 3.51. The molecule has 6 nitrogen and oxygen atoms in total. The second-order valence-electron chi connectivity index (χ2n) is 4.71. The lowest BCUT2D eigenvalue weighted by molar-refractivity contribution is -0.138. The van der Waals surface area contributed by atoms with Gasteiger partial charge in [0.05, 0.1) is 5.02 Å². The number of hydrogen-bond acceptors (Lipinski definition) is 4. The van der Waals surface area contributed by atoms with Crippen LogP contribution < -0.4 is 5.32 Å². The predicted octanol–water partition coefficient (Wildman–Crippen LogP) is 1.31. The Morgan fingerprint density at radius 1 is 1.29 bits per heavy atom. The fourth-order valence-corrected chi connectivity index (χ4v) is 2.24. The first kappa shape index (κ1) is 15.3. The van der Waals surface area contributed by atoms with Gasteiger partial charge in [-0.25, -0.2) is 0 Å². The maximum absolute atomic E-state index is 11.8. The van der Waals surface area contributed by atoms with E-state index in [-0.39, 0.29) is 41.3 Å². The molecule has 0 bridgehead atoms. The summed E-state index contributed by atoms with van der Waals surface area (Å²) in [7, 11) is 0. The second kappa shape index (κ2) is 6.58. The van der Waals surface area contributed by atoms with Crippen molar-refractivity contribution in [1.29, 1.82) is 0 Å². The van der Waals surface area contributed by atoms with Crippen molar-refractivity contribution in [3.8, 4) is 5.75 Å². The number of nitrogens with one attached hydrogen (secondary N) is 1. The lowest BCUT2D eigenvalue weighted by Crippen LogP contribution is -2.33. The molecule has 1 saturated heterocycles. The van der Waals surface area contributed by atoms with Crippen LogP contribution in [0.15, 0.2) is 18.2 Å². The molecule has 3 amide bonds. The van der Waals surface area contributed by atoms with E-state index in [1.165, 1.54) is 23.1 Å². The number of rotatable bonds is 5. The van der Waals surface area contributed by atoms with Crippen LogP contribution in [0, 0.1) is 0 Å². The average molecular weight is 311 g/mol. The van der Waals surface area contributed by atoms with Crippen LogP contribution in [0.4, 0.5) is 0 Å². The van der Waals surface area contributed by atoms with Crippen molar-refractivity contribution in [3.63, 3.8) is 0 Å². The van der Waals surface area contributed by atoms with Gasteiger partial charge in [-0.15, -0.1) is 0 Å². The van der Waals surface area contributed by atoms with Gasteiger partial charge >= 0.3 is 0 Å². The van der Waals surface area contributed by atoms with Crippen LogP contribution in [0.1, 0.15) is 29.6 Å². The van der Waals surface area contributed by atoms with Crippen LogP contribution in [0.25, 0.3) is 0 Å². The minimum atomic E-state index is -0.323. The number of carbonyl (C=O) groups excluding carboxylic acids is 3. The summed E-state index contributed by atoms with van der Waals surface area (Å²) in [5.74, 6) is -0.719. The molecule has 1 aliphatic rings. The van der Waals surface area contributed by atoms with Gasteiger partial charge in [0.15, 0.2) is 0 Å². The summed E-state index contributed by atoms with van der Waals surface area (Å²) in [6.07, 6.45) is 1.05. The molecular formula is C14H15ClN2O4. The first-order valence-electron chi connectivity index (χ1n) is 6.59. The molecule has 1 aromatic rings. The normalized spacial score (nSPS) is 14.6. The third kappa shape index (κ3) is 3.72. The van der Waals surface area contributed by atoms with E-state index in [2.05, 4.69) is 5.32 Å². The van der Waals surface area contributed by atoms with Crippen molar-refractivity contribution in [2.75, 3.05) is 13.1 Å². The summed E-state index contributed by atoms with van der Waals surface area (Å²) < 4.78 is 0. The van der Waals surface area contributed by atoms with E-state index in [0.29, 0.717) is 25.1 Å². The van der Waals surface area contributed by atoms with Gasteiger partial charge in [0.25, 0.3) is 5.91 Å². The van der Waals surface area contributed by atoms with Gasteiger partial charge in [0, 0.05) is 31.5 Å². The minimum Gasteiger partial charge on any atom is -0.506 e. The van der Waals surface area contributed by atoms with Crippen LogP contribution in [-0.2, 0) is 9.59 Å². The smallest absolute Gasteiger partial charge is 0.251 e. The largest absolute Gasteiger partial charge is 0.506 e. The van der Waals surface area contributed by atoms with Crippen molar-refractivity contribution in [2.45, 2.75) is 19.3 Å². The maximum Gasteiger partial charge on any atom is 0.251 e. The fraction of sp³-hybridized carbons (Fsp3) is 0.357. The summed E-state index contributed by atoms with van der Waals surface area (Å²) in [5, 5.41) is 12.1. The van der Waals surface area contributed by atoms with Gasteiger partial charge in [-0.2, -0.15) is 0 Å². The Morgan fingerprint density at radius 2 is 1.95 bits per heavy atom. The molecule has 2 N–H and O–H groups in total. The number of amides is 3. The molecule has 0 aromatic heterocycles. The number of halogens is 1. The number of likely N-dealkylation sites (tertiary alicyclic amines) is 1. The van der Waals surface area contributed by atoms with Crippen LogP contribution in [0.3, 0.4) is 0 Å².